The van der Waals surface area contributed by atoms with Crippen LogP contribution in [0.25, 0.3) is 33.1 Å². The summed E-state index contributed by atoms with van der Waals surface area (Å²) in [6.45, 7) is 5.30. The fourth-order valence-corrected chi connectivity index (χ4v) is 5.34. The Labute approximate surface area is 217 Å². The van der Waals surface area contributed by atoms with Crippen LogP contribution in [0.15, 0.2) is 47.2 Å². The first-order valence-electron chi connectivity index (χ1n) is 12.6. The van der Waals surface area contributed by atoms with Gasteiger partial charge in [0.05, 0.1) is 35.6 Å². The smallest absolute Gasteiger partial charge is 0.346 e. The standard InChI is InChI=1S/C28H27F2N5O3/c1-16-25(17(2)38-34-16)20-12-21-19(13-23(20)36-3)26-22(14-32-21)33-27(28(29,30)24-6-4-5-9-31-24)35(26)15-18-7-10-37-11-8-18/h4-6,9,12-14,18H,7-8,10-11,15H2,1-3H3. The maximum atomic E-state index is 16.0. The van der Waals surface area contributed by atoms with E-state index in [0.717, 1.165) is 29.7 Å². The number of aryl methyl sites for hydroxylation is 2. The first-order chi connectivity index (χ1) is 18.4. The molecular weight excluding hydrogens is 492 g/mol. The molecule has 0 saturated carbocycles. The van der Waals surface area contributed by atoms with Gasteiger partial charge in [0.1, 0.15) is 22.7 Å². The van der Waals surface area contributed by atoms with E-state index >= 15 is 8.78 Å². The third kappa shape index (κ3) is 3.99. The minimum atomic E-state index is -3.40. The predicted octanol–water partition coefficient (Wildman–Crippen LogP) is 5.83. The lowest BCUT2D eigenvalue weighted by Gasteiger charge is -2.25. The third-order valence-corrected chi connectivity index (χ3v) is 7.25. The summed E-state index contributed by atoms with van der Waals surface area (Å²) in [5.41, 5.74) is 3.59. The maximum Gasteiger partial charge on any atom is 0.346 e. The first kappa shape index (κ1) is 24.4. The number of alkyl halides is 2. The number of hydrogen-bond donors (Lipinski definition) is 0. The molecule has 8 nitrogen and oxygen atoms in total. The molecule has 38 heavy (non-hydrogen) atoms. The van der Waals surface area contributed by atoms with E-state index in [1.54, 1.807) is 30.0 Å². The van der Waals surface area contributed by atoms with Gasteiger partial charge >= 0.3 is 5.92 Å². The van der Waals surface area contributed by atoms with Crippen LogP contribution in [0.3, 0.4) is 0 Å². The monoisotopic (exact) mass is 519 g/mol. The summed E-state index contributed by atoms with van der Waals surface area (Å²) in [5, 5.41) is 4.75. The molecule has 0 spiro atoms. The molecule has 6 rings (SSSR count). The van der Waals surface area contributed by atoms with Gasteiger partial charge in [-0.25, -0.2) is 4.98 Å². The van der Waals surface area contributed by atoms with Crippen molar-refractivity contribution in [2.45, 2.75) is 39.2 Å². The zero-order valence-electron chi connectivity index (χ0n) is 21.4. The highest BCUT2D eigenvalue weighted by Gasteiger charge is 2.42. The number of aromatic nitrogens is 5. The van der Waals surface area contributed by atoms with E-state index in [4.69, 9.17) is 14.0 Å². The second kappa shape index (κ2) is 9.43. The Balaban J connectivity index is 1.61. The van der Waals surface area contributed by atoms with Crippen molar-refractivity contribution < 1.29 is 22.8 Å². The molecule has 5 heterocycles. The highest BCUT2D eigenvalue weighted by Crippen LogP contribution is 2.41. The lowest BCUT2D eigenvalue weighted by molar-refractivity contribution is 0.0212. The largest absolute Gasteiger partial charge is 0.496 e. The van der Waals surface area contributed by atoms with Crippen molar-refractivity contribution in [2.75, 3.05) is 20.3 Å². The van der Waals surface area contributed by atoms with Gasteiger partial charge in [0, 0.05) is 36.9 Å². The molecule has 0 aliphatic carbocycles. The third-order valence-electron chi connectivity index (χ3n) is 7.25. The average molecular weight is 520 g/mol. The van der Waals surface area contributed by atoms with E-state index in [2.05, 4.69) is 20.1 Å². The van der Waals surface area contributed by atoms with Crippen LogP contribution in [0, 0.1) is 19.8 Å². The zero-order chi connectivity index (χ0) is 26.4. The molecule has 0 radical (unpaired) electrons. The number of methoxy groups -OCH3 is 1. The van der Waals surface area contributed by atoms with Crippen LogP contribution in [0.4, 0.5) is 8.78 Å². The van der Waals surface area contributed by atoms with Crippen molar-refractivity contribution in [1.29, 1.82) is 0 Å². The molecule has 1 saturated heterocycles. The molecule has 0 amide bonds. The summed E-state index contributed by atoms with van der Waals surface area (Å²) < 4.78 is 50.3. The Kier molecular flexibility index (Phi) is 6.06. The molecule has 0 bridgehead atoms. The molecule has 10 heteroatoms. The van der Waals surface area contributed by atoms with Crippen molar-refractivity contribution in [3.05, 3.63) is 65.7 Å². The van der Waals surface area contributed by atoms with Gasteiger partial charge in [0.25, 0.3) is 0 Å². The molecule has 0 N–H and O–H groups in total. The van der Waals surface area contributed by atoms with Crippen LogP contribution < -0.4 is 4.74 Å². The van der Waals surface area contributed by atoms with Crippen LogP contribution in [0.2, 0.25) is 0 Å². The van der Waals surface area contributed by atoms with Crippen molar-refractivity contribution in [3.63, 3.8) is 0 Å². The van der Waals surface area contributed by atoms with Crippen LogP contribution >= 0.6 is 0 Å². The Morgan fingerprint density at radius 2 is 1.92 bits per heavy atom. The van der Waals surface area contributed by atoms with Gasteiger partial charge in [-0.2, -0.15) is 8.78 Å². The SMILES string of the molecule is COc1cc2c(cc1-c1c(C)noc1C)ncc1nc(C(F)(F)c3ccccn3)n(CC3CCOCC3)c12. The quantitative estimate of drug-likeness (QED) is 0.279. The van der Waals surface area contributed by atoms with Crippen LogP contribution in [-0.4, -0.2) is 45.0 Å². The summed E-state index contributed by atoms with van der Waals surface area (Å²) in [6, 6.07) is 8.23. The predicted molar refractivity (Wildman–Crippen MR) is 137 cm³/mol. The second-order valence-electron chi connectivity index (χ2n) is 9.65. The first-order valence-corrected chi connectivity index (χ1v) is 12.6. The molecular formula is C28H27F2N5O3. The van der Waals surface area contributed by atoms with Crippen LogP contribution in [-0.2, 0) is 17.2 Å². The highest BCUT2D eigenvalue weighted by molar-refractivity contribution is 6.05. The van der Waals surface area contributed by atoms with Crippen LogP contribution in [0.5, 0.6) is 5.75 Å². The number of hydrogen-bond acceptors (Lipinski definition) is 7. The number of benzene rings is 1. The second-order valence-corrected chi connectivity index (χ2v) is 9.65. The van der Waals surface area contributed by atoms with E-state index in [9.17, 15) is 0 Å². The number of pyridine rings is 2. The summed E-state index contributed by atoms with van der Waals surface area (Å²) in [6.07, 6.45) is 4.50. The topological polar surface area (TPSA) is 88.1 Å². The van der Waals surface area contributed by atoms with Gasteiger partial charge in [0.15, 0.2) is 5.82 Å². The summed E-state index contributed by atoms with van der Waals surface area (Å²) in [4.78, 5) is 13.0. The van der Waals surface area contributed by atoms with Crippen molar-refractivity contribution in [3.8, 4) is 16.9 Å². The normalized spacial score (nSPS) is 15.0. The van der Waals surface area contributed by atoms with Gasteiger partial charge in [-0.15, -0.1) is 0 Å². The Bertz CT molecular complexity index is 1610. The van der Waals surface area contributed by atoms with Gasteiger partial charge in [-0.3, -0.25) is 9.97 Å². The number of fused-ring (bicyclic) bond motifs is 3. The Morgan fingerprint density at radius 1 is 1.11 bits per heavy atom. The summed E-state index contributed by atoms with van der Waals surface area (Å²) in [7, 11) is 1.58. The zero-order valence-corrected chi connectivity index (χ0v) is 21.4. The fraction of sp³-hybridized carbons (Fsp3) is 0.357. The maximum absolute atomic E-state index is 16.0. The van der Waals surface area contributed by atoms with E-state index in [0.29, 0.717) is 53.2 Å². The summed E-state index contributed by atoms with van der Waals surface area (Å²) in [5.74, 6) is -2.36. The summed E-state index contributed by atoms with van der Waals surface area (Å²) >= 11 is 0. The lowest BCUT2D eigenvalue weighted by Crippen LogP contribution is -2.26. The lowest BCUT2D eigenvalue weighted by atomic mass is 9.99. The number of ether oxygens (including phenoxy) is 2. The van der Waals surface area contributed by atoms with Gasteiger partial charge < -0.3 is 18.6 Å². The van der Waals surface area contributed by atoms with Crippen LogP contribution in [0.1, 0.15) is 35.8 Å². The molecule has 1 aromatic carbocycles. The van der Waals surface area contributed by atoms with E-state index in [-0.39, 0.29) is 17.4 Å². The molecule has 5 aromatic rings. The number of imidazole rings is 1. The van der Waals surface area contributed by atoms with Gasteiger partial charge in [-0.1, -0.05) is 11.2 Å². The molecule has 196 valence electrons. The molecule has 1 aliphatic heterocycles. The fourth-order valence-electron chi connectivity index (χ4n) is 5.34. The number of nitrogens with zero attached hydrogens (tertiary/aromatic N) is 5. The molecule has 1 fully saturated rings. The average Bonchev–Trinajstić information content (AvgIpc) is 3.48. The van der Waals surface area contributed by atoms with Crippen molar-refractivity contribution >= 4 is 21.9 Å². The van der Waals surface area contributed by atoms with E-state index < -0.39 is 5.92 Å². The van der Waals surface area contributed by atoms with E-state index in [1.165, 1.54) is 12.3 Å². The van der Waals surface area contributed by atoms with Crippen molar-refractivity contribution in [2.24, 2.45) is 5.92 Å². The minimum Gasteiger partial charge on any atom is -0.496 e. The minimum absolute atomic E-state index is 0.172. The molecule has 0 unspecified atom stereocenters. The van der Waals surface area contributed by atoms with E-state index in [1.807, 2.05) is 26.0 Å². The van der Waals surface area contributed by atoms with Gasteiger partial charge in [-0.05, 0) is 56.9 Å². The molecule has 0 atom stereocenters. The Hall–Kier alpha value is -3.92. The van der Waals surface area contributed by atoms with Gasteiger partial charge in [0.2, 0.25) is 0 Å². The molecule has 1 aliphatic rings. The van der Waals surface area contributed by atoms with Crippen molar-refractivity contribution in [1.82, 2.24) is 24.7 Å². The molecule has 4 aromatic heterocycles. The number of rotatable bonds is 6. The number of halogens is 2. The Morgan fingerprint density at radius 3 is 2.61 bits per heavy atom. The highest BCUT2D eigenvalue weighted by atomic mass is 19.3.